The molecule has 0 atom stereocenters. The molecule has 1 aliphatic carbocycles. The van der Waals surface area contributed by atoms with Crippen LogP contribution in [0.3, 0.4) is 0 Å². The van der Waals surface area contributed by atoms with Gasteiger partial charge in [0.1, 0.15) is 5.75 Å². The Morgan fingerprint density at radius 1 is 1.40 bits per heavy atom. The Morgan fingerprint density at radius 3 is 2.70 bits per heavy atom. The van der Waals surface area contributed by atoms with Crippen LogP contribution >= 0.6 is 0 Å². The number of amides is 1. The molecule has 1 aliphatic rings. The first kappa shape index (κ1) is 14.4. The third-order valence-corrected chi connectivity index (χ3v) is 3.56. The summed E-state index contributed by atoms with van der Waals surface area (Å²) in [5.74, 6) is -0.516. The van der Waals surface area contributed by atoms with E-state index in [1.807, 2.05) is 25.1 Å². The Labute approximate surface area is 117 Å². The predicted octanol–water partition coefficient (Wildman–Crippen LogP) is 1.89. The number of aryl methyl sites for hydroxylation is 1. The van der Waals surface area contributed by atoms with Gasteiger partial charge >= 0.3 is 5.97 Å². The Kier molecular flexibility index (Phi) is 4.27. The molecule has 2 rings (SSSR count). The number of carboxylic acid groups (broad SMARTS) is 1. The number of rotatable bonds is 6. The minimum atomic E-state index is -0.885. The molecule has 1 amide bonds. The standard InChI is InChI=1S/C15H19NO4/c1-11-4-2-5-12(8-11)20-10-13(17)16-15(6-3-7-15)9-14(18)19/h2,4-5,8H,3,6-7,9-10H2,1H3,(H,16,17)(H,18,19). The van der Waals surface area contributed by atoms with E-state index in [1.165, 1.54) is 0 Å². The smallest absolute Gasteiger partial charge is 0.305 e. The number of carbonyl (C=O) groups excluding carboxylic acids is 1. The molecule has 0 radical (unpaired) electrons. The molecule has 5 nitrogen and oxygen atoms in total. The van der Waals surface area contributed by atoms with Crippen molar-refractivity contribution in [3.05, 3.63) is 29.8 Å². The van der Waals surface area contributed by atoms with Crippen LogP contribution in [0.4, 0.5) is 0 Å². The molecule has 0 spiro atoms. The number of nitrogens with one attached hydrogen (secondary N) is 1. The van der Waals surface area contributed by atoms with Gasteiger partial charge in [-0.1, -0.05) is 12.1 Å². The van der Waals surface area contributed by atoms with Crippen molar-refractivity contribution in [2.45, 2.75) is 38.1 Å². The molecular weight excluding hydrogens is 258 g/mol. The fraction of sp³-hybridized carbons (Fsp3) is 0.467. The number of benzene rings is 1. The van der Waals surface area contributed by atoms with Gasteiger partial charge in [-0.05, 0) is 43.9 Å². The van der Waals surface area contributed by atoms with Gasteiger partial charge in [-0.25, -0.2) is 0 Å². The summed E-state index contributed by atoms with van der Waals surface area (Å²) < 4.78 is 5.41. The molecule has 0 aliphatic heterocycles. The molecule has 2 N–H and O–H groups in total. The minimum absolute atomic E-state index is 0.0246. The lowest BCUT2D eigenvalue weighted by Gasteiger charge is -2.41. The van der Waals surface area contributed by atoms with Crippen molar-refractivity contribution in [3.63, 3.8) is 0 Å². The molecule has 0 unspecified atom stereocenters. The Morgan fingerprint density at radius 2 is 2.15 bits per heavy atom. The molecule has 5 heteroatoms. The van der Waals surface area contributed by atoms with Gasteiger partial charge in [-0.2, -0.15) is 0 Å². The van der Waals surface area contributed by atoms with Gasteiger partial charge in [0.15, 0.2) is 6.61 Å². The molecule has 1 aromatic carbocycles. The van der Waals surface area contributed by atoms with E-state index in [4.69, 9.17) is 9.84 Å². The Balaban J connectivity index is 1.84. The number of hydrogen-bond acceptors (Lipinski definition) is 3. The van der Waals surface area contributed by atoms with Crippen LogP contribution < -0.4 is 10.1 Å². The summed E-state index contributed by atoms with van der Waals surface area (Å²) in [4.78, 5) is 22.7. The normalized spacial score (nSPS) is 16.1. The lowest BCUT2D eigenvalue weighted by Crippen LogP contribution is -2.55. The Bertz CT molecular complexity index is 508. The van der Waals surface area contributed by atoms with Gasteiger partial charge in [-0.15, -0.1) is 0 Å². The molecule has 0 heterocycles. The molecule has 108 valence electrons. The SMILES string of the molecule is Cc1cccc(OCC(=O)NC2(CC(=O)O)CCC2)c1. The van der Waals surface area contributed by atoms with Gasteiger partial charge in [0.25, 0.3) is 5.91 Å². The highest BCUT2D eigenvalue weighted by atomic mass is 16.5. The molecule has 1 fully saturated rings. The van der Waals surface area contributed by atoms with E-state index in [1.54, 1.807) is 6.07 Å². The van der Waals surface area contributed by atoms with E-state index in [0.717, 1.165) is 24.8 Å². The van der Waals surface area contributed by atoms with Gasteiger partial charge in [-0.3, -0.25) is 9.59 Å². The van der Waals surface area contributed by atoms with Crippen molar-refractivity contribution in [2.75, 3.05) is 6.61 Å². The van der Waals surface area contributed by atoms with Gasteiger partial charge in [0, 0.05) is 0 Å². The monoisotopic (exact) mass is 277 g/mol. The van der Waals surface area contributed by atoms with Crippen molar-refractivity contribution in [1.29, 1.82) is 0 Å². The lowest BCUT2D eigenvalue weighted by atomic mass is 9.74. The molecule has 1 saturated carbocycles. The van der Waals surface area contributed by atoms with E-state index in [2.05, 4.69) is 5.32 Å². The molecule has 0 aromatic heterocycles. The summed E-state index contributed by atoms with van der Waals surface area (Å²) in [6, 6.07) is 7.45. The average Bonchev–Trinajstić information content (AvgIpc) is 2.33. The van der Waals surface area contributed by atoms with Crippen molar-refractivity contribution in [1.82, 2.24) is 5.32 Å². The van der Waals surface area contributed by atoms with Crippen LogP contribution in [0.15, 0.2) is 24.3 Å². The number of carboxylic acids is 1. The number of aliphatic carboxylic acids is 1. The summed E-state index contributed by atoms with van der Waals surface area (Å²) >= 11 is 0. The third-order valence-electron chi connectivity index (χ3n) is 3.56. The largest absolute Gasteiger partial charge is 0.484 e. The predicted molar refractivity (Wildman–Crippen MR) is 73.7 cm³/mol. The highest BCUT2D eigenvalue weighted by Gasteiger charge is 2.40. The van der Waals surface area contributed by atoms with E-state index in [9.17, 15) is 9.59 Å². The quantitative estimate of drug-likeness (QED) is 0.832. The summed E-state index contributed by atoms with van der Waals surface area (Å²) in [5.41, 5.74) is 0.489. The van der Waals surface area contributed by atoms with E-state index in [-0.39, 0.29) is 18.9 Å². The van der Waals surface area contributed by atoms with E-state index >= 15 is 0 Å². The maximum Gasteiger partial charge on any atom is 0.305 e. The van der Waals surface area contributed by atoms with Gasteiger partial charge in [0.2, 0.25) is 0 Å². The maximum atomic E-state index is 11.9. The van der Waals surface area contributed by atoms with Crippen LogP contribution in [-0.2, 0) is 9.59 Å². The number of hydrogen-bond donors (Lipinski definition) is 2. The maximum absolute atomic E-state index is 11.9. The first-order valence-corrected chi connectivity index (χ1v) is 6.71. The molecule has 0 bridgehead atoms. The zero-order chi connectivity index (χ0) is 14.6. The van der Waals surface area contributed by atoms with Gasteiger partial charge in [0.05, 0.1) is 12.0 Å². The lowest BCUT2D eigenvalue weighted by molar-refractivity contribution is -0.140. The second-order valence-electron chi connectivity index (χ2n) is 5.36. The first-order chi connectivity index (χ1) is 9.49. The van der Waals surface area contributed by atoms with Crippen LogP contribution in [-0.4, -0.2) is 29.1 Å². The summed E-state index contributed by atoms with van der Waals surface area (Å²) in [7, 11) is 0. The van der Waals surface area contributed by atoms with Crippen LogP contribution in [0.5, 0.6) is 5.75 Å². The van der Waals surface area contributed by atoms with E-state index < -0.39 is 11.5 Å². The van der Waals surface area contributed by atoms with Crippen LogP contribution in [0.2, 0.25) is 0 Å². The highest BCUT2D eigenvalue weighted by molar-refractivity contribution is 5.80. The molecule has 0 saturated heterocycles. The van der Waals surface area contributed by atoms with Crippen molar-refractivity contribution in [3.8, 4) is 5.75 Å². The Hall–Kier alpha value is -2.04. The second kappa shape index (κ2) is 5.94. The summed E-state index contributed by atoms with van der Waals surface area (Å²) in [6.45, 7) is 1.86. The zero-order valence-corrected chi connectivity index (χ0v) is 11.5. The van der Waals surface area contributed by atoms with Crippen molar-refractivity contribution >= 4 is 11.9 Å². The van der Waals surface area contributed by atoms with E-state index in [0.29, 0.717) is 5.75 Å². The number of ether oxygens (including phenoxy) is 1. The topological polar surface area (TPSA) is 75.6 Å². The molecular formula is C15H19NO4. The van der Waals surface area contributed by atoms with Crippen LogP contribution in [0.1, 0.15) is 31.2 Å². The van der Waals surface area contributed by atoms with Gasteiger partial charge < -0.3 is 15.2 Å². The van der Waals surface area contributed by atoms with Crippen LogP contribution in [0.25, 0.3) is 0 Å². The minimum Gasteiger partial charge on any atom is -0.484 e. The average molecular weight is 277 g/mol. The highest BCUT2D eigenvalue weighted by Crippen LogP contribution is 2.34. The van der Waals surface area contributed by atoms with Crippen molar-refractivity contribution < 1.29 is 19.4 Å². The van der Waals surface area contributed by atoms with Crippen molar-refractivity contribution in [2.24, 2.45) is 0 Å². The summed E-state index contributed by atoms with van der Waals surface area (Å²) in [6.07, 6.45) is 2.36. The fourth-order valence-electron chi connectivity index (χ4n) is 2.42. The fourth-order valence-corrected chi connectivity index (χ4v) is 2.42. The second-order valence-corrected chi connectivity index (χ2v) is 5.36. The molecule has 1 aromatic rings. The first-order valence-electron chi connectivity index (χ1n) is 6.71. The summed E-state index contributed by atoms with van der Waals surface area (Å²) in [5, 5.41) is 11.7. The zero-order valence-electron chi connectivity index (χ0n) is 11.5. The third kappa shape index (κ3) is 3.73. The molecule has 20 heavy (non-hydrogen) atoms. The number of carbonyl (C=O) groups is 2. The van der Waals surface area contributed by atoms with Crippen LogP contribution in [0, 0.1) is 6.92 Å².